The van der Waals surface area contributed by atoms with Crippen molar-refractivity contribution < 1.29 is 23.5 Å². The third kappa shape index (κ3) is 6.91. The molecule has 0 saturated carbocycles. The minimum Gasteiger partial charge on any atom is -0.487 e. The van der Waals surface area contributed by atoms with Crippen molar-refractivity contribution in [3.05, 3.63) is 71.8 Å². The number of halogens is 1. The summed E-state index contributed by atoms with van der Waals surface area (Å²) in [6.45, 7) is 8.07. The lowest BCUT2D eigenvalue weighted by atomic mass is 9.92. The maximum atomic E-state index is 14.2. The van der Waals surface area contributed by atoms with Crippen LogP contribution in [0.4, 0.5) is 4.39 Å². The van der Waals surface area contributed by atoms with Crippen molar-refractivity contribution in [3.63, 3.8) is 0 Å². The lowest BCUT2D eigenvalue weighted by Crippen LogP contribution is -2.56. The van der Waals surface area contributed by atoms with Crippen LogP contribution >= 0.6 is 0 Å². The Morgan fingerprint density at radius 3 is 2.54 bits per heavy atom. The van der Waals surface area contributed by atoms with Crippen LogP contribution in [0.15, 0.2) is 54.6 Å². The van der Waals surface area contributed by atoms with Gasteiger partial charge in [-0.3, -0.25) is 9.59 Å². The summed E-state index contributed by atoms with van der Waals surface area (Å²) < 4.78 is 26.4. The monoisotopic (exact) mass is 564 g/mol. The van der Waals surface area contributed by atoms with Crippen LogP contribution < -0.4 is 10.1 Å². The predicted molar refractivity (Wildman–Crippen MR) is 150 cm³/mol. The van der Waals surface area contributed by atoms with E-state index >= 15 is 0 Å². The van der Waals surface area contributed by atoms with Gasteiger partial charge in [0.2, 0.25) is 5.91 Å². The lowest BCUT2D eigenvalue weighted by molar-refractivity contribution is -0.140. The summed E-state index contributed by atoms with van der Waals surface area (Å²) in [5.74, 6) is -0.0886. The van der Waals surface area contributed by atoms with Crippen molar-refractivity contribution in [2.45, 2.75) is 32.9 Å². The van der Waals surface area contributed by atoms with Gasteiger partial charge in [-0.05, 0) is 48.7 Å². The highest BCUT2D eigenvalue weighted by atomic mass is 19.1. The van der Waals surface area contributed by atoms with Crippen LogP contribution in [0.25, 0.3) is 5.69 Å². The molecule has 11 heteroatoms. The van der Waals surface area contributed by atoms with E-state index in [1.54, 1.807) is 4.68 Å². The molecule has 218 valence electrons. The summed E-state index contributed by atoms with van der Waals surface area (Å²) in [4.78, 5) is 31.2. The Bertz CT molecular complexity index is 1310. The number of piperidine rings is 1. The molecule has 0 spiro atoms. The number of carbonyl (C=O) groups is 2. The largest absolute Gasteiger partial charge is 0.487 e. The average molecular weight is 565 g/mol. The number of amides is 2. The minimum absolute atomic E-state index is 0.00514. The average Bonchev–Trinajstić information content (AvgIpc) is 3.43. The molecule has 0 unspecified atom stereocenters. The van der Waals surface area contributed by atoms with Gasteiger partial charge in [-0.2, -0.15) is 0 Å². The molecule has 2 aromatic carbocycles. The number of aromatic nitrogens is 3. The van der Waals surface area contributed by atoms with Crippen molar-refractivity contribution in [1.82, 2.24) is 30.1 Å². The molecule has 2 aliphatic rings. The Hall–Kier alpha value is -3.83. The molecule has 1 aromatic heterocycles. The number of nitrogens with zero attached hydrogens (tertiary/aromatic N) is 5. The molecule has 3 heterocycles. The fraction of sp³-hybridized carbons (Fsp3) is 0.467. The molecular weight excluding hydrogens is 527 g/mol. The highest BCUT2D eigenvalue weighted by Gasteiger charge is 2.37. The third-order valence-electron chi connectivity index (χ3n) is 7.42. The van der Waals surface area contributed by atoms with Crippen LogP contribution in [0.3, 0.4) is 0 Å². The number of hydrogen-bond donors (Lipinski definition) is 1. The molecule has 3 aromatic rings. The number of nitrogens with one attached hydrogen (secondary N) is 1. The summed E-state index contributed by atoms with van der Waals surface area (Å²) in [6.07, 6.45) is 0.565. The minimum atomic E-state index is -0.361. The zero-order valence-electron chi connectivity index (χ0n) is 23.5. The quantitative estimate of drug-likeness (QED) is 0.427. The van der Waals surface area contributed by atoms with Crippen LogP contribution in [0.1, 0.15) is 36.5 Å². The topological polar surface area (TPSA) is 102 Å². The Morgan fingerprint density at radius 1 is 1.10 bits per heavy atom. The molecule has 2 atom stereocenters. The first-order chi connectivity index (χ1) is 19.9. The van der Waals surface area contributed by atoms with Crippen molar-refractivity contribution in [2.24, 2.45) is 11.8 Å². The molecule has 10 nitrogen and oxygen atoms in total. The second kappa shape index (κ2) is 13.2. The molecule has 5 rings (SSSR count). The maximum Gasteiger partial charge on any atom is 0.276 e. The smallest absolute Gasteiger partial charge is 0.276 e. The zero-order valence-corrected chi connectivity index (χ0v) is 23.5. The number of carbonyl (C=O) groups excluding carboxylic acids is 2. The van der Waals surface area contributed by atoms with Gasteiger partial charge in [-0.15, -0.1) is 5.10 Å². The molecule has 1 N–H and O–H groups in total. The second-order valence-electron chi connectivity index (χ2n) is 10.9. The fourth-order valence-corrected chi connectivity index (χ4v) is 5.37. The molecule has 41 heavy (non-hydrogen) atoms. The first kappa shape index (κ1) is 28.7. The predicted octanol–water partition coefficient (Wildman–Crippen LogP) is 2.92. The van der Waals surface area contributed by atoms with Crippen molar-refractivity contribution in [2.75, 3.05) is 45.9 Å². The molecule has 0 radical (unpaired) electrons. The van der Waals surface area contributed by atoms with E-state index in [0.29, 0.717) is 63.8 Å². The number of para-hydroxylation sites is 1. The van der Waals surface area contributed by atoms with Crippen LogP contribution in [0.2, 0.25) is 0 Å². The number of hydrogen-bond acceptors (Lipinski definition) is 7. The van der Waals surface area contributed by atoms with Gasteiger partial charge in [0.05, 0.1) is 24.8 Å². The van der Waals surface area contributed by atoms with Crippen LogP contribution in [-0.2, 0) is 16.1 Å². The van der Waals surface area contributed by atoms with E-state index in [9.17, 15) is 14.0 Å². The number of ether oxygens (including phenoxy) is 2. The van der Waals surface area contributed by atoms with Crippen LogP contribution in [-0.4, -0.2) is 88.6 Å². The first-order valence-electron chi connectivity index (χ1n) is 14.2. The molecule has 0 bridgehead atoms. The van der Waals surface area contributed by atoms with Gasteiger partial charge < -0.3 is 24.6 Å². The SMILES string of the molecule is CC(C)CN(C(=O)c1nnn(-c2ccccc2)c1COc1ccc(F)cc1)[C@@H]1CNC[C@H](C(=O)N2CCOCC2)C1. The van der Waals surface area contributed by atoms with Gasteiger partial charge >= 0.3 is 0 Å². The molecule has 2 saturated heterocycles. The van der Waals surface area contributed by atoms with Gasteiger partial charge in [-0.25, -0.2) is 9.07 Å². The van der Waals surface area contributed by atoms with Gasteiger partial charge in [0, 0.05) is 38.8 Å². The first-order valence-corrected chi connectivity index (χ1v) is 14.2. The maximum absolute atomic E-state index is 14.2. The number of rotatable bonds is 9. The summed E-state index contributed by atoms with van der Waals surface area (Å²) >= 11 is 0. The van der Waals surface area contributed by atoms with Gasteiger partial charge in [0.1, 0.15) is 23.9 Å². The Labute approximate surface area is 239 Å². The van der Waals surface area contributed by atoms with E-state index in [2.05, 4.69) is 29.5 Å². The Kier molecular flexibility index (Phi) is 9.25. The van der Waals surface area contributed by atoms with Crippen LogP contribution in [0, 0.1) is 17.7 Å². The number of benzene rings is 2. The summed E-state index contributed by atoms with van der Waals surface area (Å²) in [5, 5.41) is 12.1. The van der Waals surface area contributed by atoms with Crippen molar-refractivity contribution >= 4 is 11.8 Å². The van der Waals surface area contributed by atoms with E-state index in [4.69, 9.17) is 9.47 Å². The van der Waals surface area contributed by atoms with Gasteiger partial charge in [0.25, 0.3) is 5.91 Å². The summed E-state index contributed by atoms with van der Waals surface area (Å²) in [7, 11) is 0. The fourth-order valence-electron chi connectivity index (χ4n) is 5.37. The van der Waals surface area contributed by atoms with E-state index in [1.807, 2.05) is 40.1 Å². The highest BCUT2D eigenvalue weighted by molar-refractivity contribution is 5.93. The highest BCUT2D eigenvalue weighted by Crippen LogP contribution is 2.24. The Morgan fingerprint density at radius 2 is 1.83 bits per heavy atom. The normalized spacial score (nSPS) is 19.3. The Balaban J connectivity index is 1.41. The third-order valence-corrected chi connectivity index (χ3v) is 7.42. The van der Waals surface area contributed by atoms with Crippen molar-refractivity contribution in [3.8, 4) is 11.4 Å². The van der Waals surface area contributed by atoms with E-state index in [-0.39, 0.29) is 47.8 Å². The molecular formula is C30H37FN6O4. The summed E-state index contributed by atoms with van der Waals surface area (Å²) in [6, 6.07) is 15.0. The molecule has 2 amide bonds. The van der Waals surface area contributed by atoms with E-state index < -0.39 is 0 Å². The van der Waals surface area contributed by atoms with Gasteiger partial charge in [-0.1, -0.05) is 37.3 Å². The zero-order chi connectivity index (χ0) is 28.8. The van der Waals surface area contributed by atoms with E-state index in [0.717, 1.165) is 5.69 Å². The second-order valence-corrected chi connectivity index (χ2v) is 10.9. The molecule has 0 aliphatic carbocycles. The molecule has 2 fully saturated rings. The lowest BCUT2D eigenvalue weighted by Gasteiger charge is -2.40. The van der Waals surface area contributed by atoms with Gasteiger partial charge in [0.15, 0.2) is 5.69 Å². The number of morpholine rings is 1. The van der Waals surface area contributed by atoms with Crippen LogP contribution in [0.5, 0.6) is 5.75 Å². The standard InChI is InChI=1S/C30H37FN6O4/c1-21(2)19-36(25-16-22(17-32-18-25)29(38)35-12-14-40-15-13-35)30(39)28-27(20-41-26-10-8-23(31)9-11-26)37(34-33-28)24-6-4-3-5-7-24/h3-11,21-22,25,32H,12-20H2,1-2H3/t22-,25+/m1/s1. The van der Waals surface area contributed by atoms with E-state index in [1.165, 1.54) is 24.3 Å². The molecule has 2 aliphatic heterocycles. The summed E-state index contributed by atoms with van der Waals surface area (Å²) in [5.41, 5.74) is 1.42. The van der Waals surface area contributed by atoms with Crippen molar-refractivity contribution in [1.29, 1.82) is 0 Å².